The van der Waals surface area contributed by atoms with Crippen LogP contribution >= 0.6 is 0 Å². The van der Waals surface area contributed by atoms with E-state index in [4.69, 9.17) is 4.98 Å². The van der Waals surface area contributed by atoms with Gasteiger partial charge in [0.2, 0.25) is 5.69 Å². The molecule has 34 heavy (non-hydrogen) atoms. The third-order valence-corrected chi connectivity index (χ3v) is 10.5. The van der Waals surface area contributed by atoms with Crippen molar-refractivity contribution in [3.63, 3.8) is 0 Å². The molecule has 2 aromatic heterocycles. The van der Waals surface area contributed by atoms with Crippen molar-refractivity contribution in [1.29, 1.82) is 0 Å². The standard InChI is InChI=1S/C31H31N2Si/c1-22-19-26(24-11-7-6-8-12-24)21-29(23(22)2)31-28-15-14-27(20-25(28)16-18-33(31)3)34(4,5)30-13-9-10-17-32-30/h6-21H,1-5H3/q+1. The summed E-state index contributed by atoms with van der Waals surface area (Å²) in [7, 11) is 0.278. The Bertz CT molecular complexity index is 1490. The summed E-state index contributed by atoms with van der Waals surface area (Å²) in [6.07, 6.45) is 4.11. The van der Waals surface area contributed by atoms with Gasteiger partial charge in [-0.15, -0.1) is 0 Å². The minimum absolute atomic E-state index is 1.22. The summed E-state index contributed by atoms with van der Waals surface area (Å²) in [5.41, 5.74) is 7.71. The highest BCUT2D eigenvalue weighted by molar-refractivity contribution is 7.00. The molecule has 2 nitrogen and oxygen atoms in total. The van der Waals surface area contributed by atoms with Crippen molar-refractivity contribution in [3.8, 4) is 22.4 Å². The van der Waals surface area contributed by atoms with Crippen molar-refractivity contribution >= 4 is 29.4 Å². The van der Waals surface area contributed by atoms with Crippen molar-refractivity contribution in [2.45, 2.75) is 26.9 Å². The highest BCUT2D eigenvalue weighted by Crippen LogP contribution is 2.33. The van der Waals surface area contributed by atoms with Crippen LogP contribution < -0.4 is 15.1 Å². The van der Waals surface area contributed by atoms with Crippen LogP contribution in [0.25, 0.3) is 33.2 Å². The maximum Gasteiger partial charge on any atom is 0.220 e. The molecule has 0 aliphatic carbocycles. The Labute approximate surface area is 203 Å². The van der Waals surface area contributed by atoms with E-state index < -0.39 is 8.07 Å². The molecule has 168 valence electrons. The number of fused-ring (bicyclic) bond motifs is 1. The average Bonchev–Trinajstić information content (AvgIpc) is 2.86. The van der Waals surface area contributed by atoms with Gasteiger partial charge in [0.25, 0.3) is 0 Å². The third kappa shape index (κ3) is 3.86. The van der Waals surface area contributed by atoms with Gasteiger partial charge < -0.3 is 0 Å². The molecule has 0 aliphatic heterocycles. The molecule has 0 unspecified atom stereocenters. The number of benzene rings is 3. The van der Waals surface area contributed by atoms with E-state index in [1.54, 1.807) is 0 Å². The number of aryl methyl sites for hydroxylation is 2. The van der Waals surface area contributed by atoms with Gasteiger partial charge in [-0.3, -0.25) is 4.98 Å². The van der Waals surface area contributed by atoms with E-state index in [2.05, 4.69) is 124 Å². The van der Waals surface area contributed by atoms with Crippen LogP contribution in [0.2, 0.25) is 13.1 Å². The summed E-state index contributed by atoms with van der Waals surface area (Å²) < 4.78 is 2.26. The fraction of sp³-hybridized carbons (Fsp3) is 0.161. The third-order valence-electron chi connectivity index (χ3n) is 7.19. The smallest absolute Gasteiger partial charge is 0.220 e. The molecule has 5 aromatic rings. The van der Waals surface area contributed by atoms with E-state index in [0.717, 1.165) is 0 Å². The summed E-state index contributed by atoms with van der Waals surface area (Å²) in [6, 6.07) is 30.9. The second kappa shape index (κ2) is 8.66. The summed E-state index contributed by atoms with van der Waals surface area (Å²) in [6.45, 7) is 9.23. The van der Waals surface area contributed by atoms with Crippen LogP contribution in [-0.4, -0.2) is 13.1 Å². The van der Waals surface area contributed by atoms with Crippen LogP contribution in [0.4, 0.5) is 0 Å². The fourth-order valence-electron chi connectivity index (χ4n) is 4.88. The zero-order chi connectivity index (χ0) is 23.9. The van der Waals surface area contributed by atoms with Crippen LogP contribution in [-0.2, 0) is 7.05 Å². The molecule has 0 saturated heterocycles. The molecule has 0 radical (unpaired) electrons. The van der Waals surface area contributed by atoms with Gasteiger partial charge in [-0.2, -0.15) is 0 Å². The van der Waals surface area contributed by atoms with E-state index >= 15 is 0 Å². The average molecular weight is 460 g/mol. The van der Waals surface area contributed by atoms with Crippen LogP contribution in [0, 0.1) is 13.8 Å². The van der Waals surface area contributed by atoms with Crippen molar-refractivity contribution in [3.05, 3.63) is 108 Å². The van der Waals surface area contributed by atoms with Gasteiger partial charge in [-0.25, -0.2) is 4.57 Å². The molecule has 0 saturated carbocycles. The Balaban J connectivity index is 1.70. The van der Waals surface area contributed by atoms with Crippen molar-refractivity contribution in [2.75, 3.05) is 0 Å². The van der Waals surface area contributed by atoms with E-state index in [1.807, 2.05) is 12.3 Å². The van der Waals surface area contributed by atoms with Gasteiger partial charge >= 0.3 is 0 Å². The summed E-state index contributed by atoms with van der Waals surface area (Å²) in [4.78, 5) is 4.70. The van der Waals surface area contributed by atoms with E-state index in [1.165, 1.54) is 54.8 Å². The quantitative estimate of drug-likeness (QED) is 0.244. The van der Waals surface area contributed by atoms with Gasteiger partial charge in [0.05, 0.1) is 10.9 Å². The van der Waals surface area contributed by atoms with Gasteiger partial charge in [0.15, 0.2) is 6.20 Å². The number of pyridine rings is 2. The predicted molar refractivity (Wildman–Crippen MR) is 146 cm³/mol. The number of rotatable bonds is 4. The summed E-state index contributed by atoms with van der Waals surface area (Å²) in [5.74, 6) is 0. The molecule has 2 heterocycles. The lowest BCUT2D eigenvalue weighted by molar-refractivity contribution is -0.659. The minimum atomic E-state index is -1.87. The summed E-state index contributed by atoms with van der Waals surface area (Å²) >= 11 is 0. The van der Waals surface area contributed by atoms with Crippen molar-refractivity contribution in [2.24, 2.45) is 7.05 Å². The highest BCUT2D eigenvalue weighted by atomic mass is 28.3. The molecule has 0 amide bonds. The highest BCUT2D eigenvalue weighted by Gasteiger charge is 2.28. The van der Waals surface area contributed by atoms with Gasteiger partial charge in [0, 0.05) is 17.6 Å². The second-order valence-corrected chi connectivity index (χ2v) is 14.1. The molecule has 0 aliphatic rings. The first-order valence-electron chi connectivity index (χ1n) is 11.9. The molecule has 3 heteroatoms. The predicted octanol–water partition coefficient (Wildman–Crippen LogP) is 5.83. The van der Waals surface area contributed by atoms with Gasteiger partial charge in [0.1, 0.15) is 15.1 Å². The minimum Gasteiger partial charge on any atom is -0.266 e. The number of aromatic nitrogens is 2. The zero-order valence-corrected chi connectivity index (χ0v) is 21.6. The van der Waals surface area contributed by atoms with Crippen molar-refractivity contribution < 1.29 is 4.57 Å². The van der Waals surface area contributed by atoms with Crippen LogP contribution in [0.3, 0.4) is 0 Å². The maximum absolute atomic E-state index is 4.70. The lowest BCUT2D eigenvalue weighted by Gasteiger charge is -2.23. The first kappa shape index (κ1) is 22.2. The normalized spacial score (nSPS) is 11.7. The number of nitrogens with zero attached hydrogens (tertiary/aromatic N) is 2. The molecule has 0 N–H and O–H groups in total. The molecule has 0 spiro atoms. The van der Waals surface area contributed by atoms with Crippen LogP contribution in [0.5, 0.6) is 0 Å². The Hall–Kier alpha value is -3.56. The van der Waals surface area contributed by atoms with Crippen molar-refractivity contribution in [1.82, 2.24) is 4.98 Å². The molecular formula is C31H31N2Si+. The maximum atomic E-state index is 4.70. The monoisotopic (exact) mass is 459 g/mol. The zero-order valence-electron chi connectivity index (χ0n) is 20.6. The largest absolute Gasteiger partial charge is 0.266 e. The Morgan fingerprint density at radius 2 is 1.53 bits per heavy atom. The van der Waals surface area contributed by atoms with E-state index in [0.29, 0.717) is 0 Å². The SMILES string of the molecule is Cc1cc(-c2ccccc2)cc(-c2c3ccc([Si](C)(C)c4ccccn4)cc3cc[n+]2C)c1C. The molecule has 3 aromatic carbocycles. The number of hydrogen-bond acceptors (Lipinski definition) is 1. The van der Waals surface area contributed by atoms with E-state index in [-0.39, 0.29) is 0 Å². The van der Waals surface area contributed by atoms with E-state index in [9.17, 15) is 0 Å². The van der Waals surface area contributed by atoms with Crippen LogP contribution in [0.1, 0.15) is 11.1 Å². The molecule has 0 atom stereocenters. The summed E-state index contributed by atoms with van der Waals surface area (Å²) in [5, 5.41) is 5.19. The second-order valence-electron chi connectivity index (χ2n) is 9.75. The van der Waals surface area contributed by atoms with Gasteiger partial charge in [-0.1, -0.05) is 72.9 Å². The Kier molecular flexibility index (Phi) is 5.66. The Morgan fingerprint density at radius 1 is 0.765 bits per heavy atom. The van der Waals surface area contributed by atoms with Gasteiger partial charge in [-0.05, 0) is 65.8 Å². The molecule has 0 bridgehead atoms. The molecule has 0 fully saturated rings. The molecular weight excluding hydrogens is 428 g/mol. The first-order chi connectivity index (χ1) is 16.4. The van der Waals surface area contributed by atoms with Crippen LogP contribution in [0.15, 0.2) is 97.3 Å². The molecule has 5 rings (SSSR count). The lowest BCUT2D eigenvalue weighted by Crippen LogP contribution is -2.54. The Morgan fingerprint density at radius 3 is 2.26 bits per heavy atom. The lowest BCUT2D eigenvalue weighted by atomic mass is 9.92. The fourth-order valence-corrected chi connectivity index (χ4v) is 7.10. The topological polar surface area (TPSA) is 16.8 Å². The first-order valence-corrected chi connectivity index (χ1v) is 14.9. The number of hydrogen-bond donors (Lipinski definition) is 0.